The third-order valence-electron chi connectivity index (χ3n) is 3.22. The van der Waals surface area contributed by atoms with E-state index in [1.807, 2.05) is 37.3 Å². The maximum Gasteiger partial charge on any atom is 0.263 e. The van der Waals surface area contributed by atoms with Gasteiger partial charge in [0.15, 0.2) is 0 Å². The van der Waals surface area contributed by atoms with Gasteiger partial charge in [-0.1, -0.05) is 44.2 Å². The van der Waals surface area contributed by atoms with E-state index >= 15 is 0 Å². The average Bonchev–Trinajstić information content (AvgIpc) is 3.00. The molecule has 0 aliphatic rings. The third kappa shape index (κ3) is 5.61. The van der Waals surface area contributed by atoms with Gasteiger partial charge >= 0.3 is 0 Å². The van der Waals surface area contributed by atoms with Crippen molar-refractivity contribution in [3.05, 3.63) is 30.3 Å². The van der Waals surface area contributed by atoms with E-state index < -0.39 is 0 Å². The smallest absolute Gasteiger partial charge is 0.263 e. The van der Waals surface area contributed by atoms with Crippen molar-refractivity contribution in [2.75, 3.05) is 0 Å². The first-order valence-electron chi connectivity index (χ1n) is 7.70. The Bertz CT molecular complexity index is 662. The number of nitrogens with zero attached hydrogens (tertiary/aromatic N) is 5. The topological polar surface area (TPSA) is 85.1 Å². The van der Waals surface area contributed by atoms with Gasteiger partial charge in [0, 0.05) is 11.3 Å². The Balaban J connectivity index is 1.86. The molecule has 122 valence electrons. The second-order valence-corrected chi connectivity index (χ2v) is 5.82. The molecule has 0 saturated heterocycles. The normalized spacial score (nSPS) is 11.7. The summed E-state index contributed by atoms with van der Waals surface area (Å²) >= 11 is 0. The van der Waals surface area contributed by atoms with E-state index in [2.05, 4.69) is 39.8 Å². The van der Waals surface area contributed by atoms with Crippen LogP contribution in [0.25, 0.3) is 11.4 Å². The van der Waals surface area contributed by atoms with Crippen LogP contribution in [0.4, 0.5) is 0 Å². The summed E-state index contributed by atoms with van der Waals surface area (Å²) in [4.78, 5) is 13.1. The molecule has 2 rings (SSSR count). The lowest BCUT2D eigenvalue weighted by molar-refractivity contribution is -0.122. The van der Waals surface area contributed by atoms with Gasteiger partial charge in [-0.25, -0.2) is 5.43 Å². The molecule has 0 fully saturated rings. The van der Waals surface area contributed by atoms with Crippen molar-refractivity contribution in [3.63, 3.8) is 0 Å². The quantitative estimate of drug-likeness (QED) is 0.627. The lowest BCUT2D eigenvalue weighted by Crippen LogP contribution is -2.25. The Kier molecular flexibility index (Phi) is 5.96. The van der Waals surface area contributed by atoms with Gasteiger partial charge in [-0.2, -0.15) is 9.90 Å². The van der Waals surface area contributed by atoms with E-state index in [0.717, 1.165) is 24.1 Å². The molecule has 1 amide bonds. The van der Waals surface area contributed by atoms with Gasteiger partial charge in [0.1, 0.15) is 6.54 Å². The molecule has 0 unspecified atom stereocenters. The standard InChI is InChI=1S/C16H22N6O/c1-12(2)9-10-13(3)17-18-15(23)11-22-20-16(19-21-22)14-7-5-4-6-8-14/h4-8,12H,9-11H2,1-3H3,(H,18,23)/b17-13+. The van der Waals surface area contributed by atoms with Gasteiger partial charge < -0.3 is 0 Å². The number of rotatable bonds is 7. The third-order valence-corrected chi connectivity index (χ3v) is 3.22. The molecule has 7 nitrogen and oxygen atoms in total. The number of hydrogen-bond donors (Lipinski definition) is 1. The lowest BCUT2D eigenvalue weighted by atomic mass is 10.1. The molecule has 0 radical (unpaired) electrons. The van der Waals surface area contributed by atoms with Gasteiger partial charge in [-0.3, -0.25) is 4.79 Å². The fraction of sp³-hybridized carbons (Fsp3) is 0.438. The van der Waals surface area contributed by atoms with Crippen molar-refractivity contribution in [2.45, 2.75) is 40.2 Å². The minimum atomic E-state index is -0.272. The minimum Gasteiger partial charge on any atom is -0.271 e. The van der Waals surface area contributed by atoms with E-state index in [1.54, 1.807) is 0 Å². The second-order valence-electron chi connectivity index (χ2n) is 5.82. The summed E-state index contributed by atoms with van der Waals surface area (Å²) in [6, 6.07) is 9.50. The molecule has 0 aliphatic heterocycles. The Morgan fingerprint density at radius 1 is 1.30 bits per heavy atom. The van der Waals surface area contributed by atoms with Crippen LogP contribution < -0.4 is 5.43 Å². The molecule has 7 heteroatoms. The predicted octanol–water partition coefficient (Wildman–Crippen LogP) is 2.27. The first-order valence-corrected chi connectivity index (χ1v) is 7.70. The van der Waals surface area contributed by atoms with Crippen molar-refractivity contribution in [3.8, 4) is 11.4 Å². The number of tetrazole rings is 1. The number of aromatic nitrogens is 4. The summed E-state index contributed by atoms with van der Waals surface area (Å²) in [5.74, 6) is 0.840. The number of amides is 1. The van der Waals surface area contributed by atoms with Crippen LogP contribution >= 0.6 is 0 Å². The highest BCUT2D eigenvalue weighted by Crippen LogP contribution is 2.11. The monoisotopic (exact) mass is 314 g/mol. The van der Waals surface area contributed by atoms with Crippen molar-refractivity contribution < 1.29 is 4.79 Å². The Morgan fingerprint density at radius 2 is 2.04 bits per heavy atom. The van der Waals surface area contributed by atoms with E-state index in [0.29, 0.717) is 11.7 Å². The predicted molar refractivity (Wildman–Crippen MR) is 88.6 cm³/mol. The van der Waals surface area contributed by atoms with Crippen LogP contribution in [-0.2, 0) is 11.3 Å². The Labute approximate surface area is 135 Å². The fourth-order valence-electron chi connectivity index (χ4n) is 1.89. The van der Waals surface area contributed by atoms with Crippen LogP contribution in [0.1, 0.15) is 33.6 Å². The van der Waals surface area contributed by atoms with Crippen LogP contribution in [0.2, 0.25) is 0 Å². The molecule has 23 heavy (non-hydrogen) atoms. The number of hydrogen-bond acceptors (Lipinski definition) is 5. The molecule has 0 saturated carbocycles. The molecule has 2 aromatic rings. The molecule has 1 aromatic heterocycles. The van der Waals surface area contributed by atoms with Crippen LogP contribution in [0, 0.1) is 5.92 Å². The van der Waals surface area contributed by atoms with E-state index in [1.165, 1.54) is 4.80 Å². The zero-order chi connectivity index (χ0) is 16.7. The average molecular weight is 314 g/mol. The SMILES string of the molecule is C/C(CCC(C)C)=N\NC(=O)Cn1nnc(-c2ccccc2)n1. The molecule has 0 bridgehead atoms. The number of nitrogens with one attached hydrogen (secondary N) is 1. The van der Waals surface area contributed by atoms with Crippen LogP contribution in [0.15, 0.2) is 35.4 Å². The van der Waals surface area contributed by atoms with Gasteiger partial charge in [0.05, 0.1) is 0 Å². The number of benzene rings is 1. The number of carbonyl (C=O) groups excluding carboxylic acids is 1. The van der Waals surface area contributed by atoms with Gasteiger partial charge in [-0.05, 0) is 30.9 Å². The number of carbonyl (C=O) groups is 1. The second kappa shape index (κ2) is 8.17. The van der Waals surface area contributed by atoms with Crippen molar-refractivity contribution in [1.82, 2.24) is 25.6 Å². The maximum absolute atomic E-state index is 11.9. The zero-order valence-corrected chi connectivity index (χ0v) is 13.7. The molecule has 0 aliphatic carbocycles. The zero-order valence-electron chi connectivity index (χ0n) is 13.7. The van der Waals surface area contributed by atoms with E-state index in [9.17, 15) is 4.79 Å². The summed E-state index contributed by atoms with van der Waals surface area (Å²) in [5.41, 5.74) is 4.29. The highest BCUT2D eigenvalue weighted by atomic mass is 16.2. The lowest BCUT2D eigenvalue weighted by Gasteiger charge is -2.04. The number of hydrazone groups is 1. The van der Waals surface area contributed by atoms with Gasteiger partial charge in [0.2, 0.25) is 5.82 Å². The largest absolute Gasteiger partial charge is 0.271 e. The molecule has 1 N–H and O–H groups in total. The van der Waals surface area contributed by atoms with E-state index in [-0.39, 0.29) is 12.5 Å². The van der Waals surface area contributed by atoms with Gasteiger partial charge in [-0.15, -0.1) is 10.2 Å². The molecule has 1 aromatic carbocycles. The molecular formula is C16H22N6O. The van der Waals surface area contributed by atoms with Gasteiger partial charge in [0.25, 0.3) is 5.91 Å². The summed E-state index contributed by atoms with van der Waals surface area (Å²) in [7, 11) is 0. The summed E-state index contributed by atoms with van der Waals surface area (Å²) in [5, 5.41) is 16.1. The Morgan fingerprint density at radius 3 is 2.74 bits per heavy atom. The first-order chi connectivity index (χ1) is 11.0. The first kappa shape index (κ1) is 16.8. The summed E-state index contributed by atoms with van der Waals surface area (Å²) < 4.78 is 0. The molecule has 0 spiro atoms. The molecular weight excluding hydrogens is 292 g/mol. The molecule has 1 heterocycles. The fourth-order valence-corrected chi connectivity index (χ4v) is 1.89. The van der Waals surface area contributed by atoms with Crippen molar-refractivity contribution >= 4 is 11.6 Å². The molecule has 0 atom stereocenters. The Hall–Kier alpha value is -2.57. The minimum absolute atomic E-state index is 0.0131. The van der Waals surface area contributed by atoms with E-state index in [4.69, 9.17) is 0 Å². The summed E-state index contributed by atoms with van der Waals surface area (Å²) in [6.07, 6.45) is 1.92. The summed E-state index contributed by atoms with van der Waals surface area (Å²) in [6.45, 7) is 6.21. The van der Waals surface area contributed by atoms with Crippen LogP contribution in [0.5, 0.6) is 0 Å². The van der Waals surface area contributed by atoms with Crippen molar-refractivity contribution in [1.29, 1.82) is 0 Å². The van der Waals surface area contributed by atoms with Crippen molar-refractivity contribution in [2.24, 2.45) is 11.0 Å². The highest BCUT2D eigenvalue weighted by molar-refractivity contribution is 5.84. The highest BCUT2D eigenvalue weighted by Gasteiger charge is 2.08. The van der Waals surface area contributed by atoms with Crippen LogP contribution in [-0.4, -0.2) is 31.8 Å². The maximum atomic E-state index is 11.9. The van der Waals surface area contributed by atoms with Crippen LogP contribution in [0.3, 0.4) is 0 Å².